The third kappa shape index (κ3) is 4.96. The Labute approximate surface area is 194 Å². The lowest BCUT2D eigenvalue weighted by Crippen LogP contribution is -2.48. The van der Waals surface area contributed by atoms with Gasteiger partial charge in [-0.1, -0.05) is 12.1 Å². The van der Waals surface area contributed by atoms with Gasteiger partial charge in [0.1, 0.15) is 11.4 Å². The molecule has 0 unspecified atom stereocenters. The average Bonchev–Trinajstić information content (AvgIpc) is 3.34. The Kier molecular flexibility index (Phi) is 6.84. The van der Waals surface area contributed by atoms with Crippen LogP contribution in [-0.2, 0) is 6.54 Å². The summed E-state index contributed by atoms with van der Waals surface area (Å²) in [7, 11) is 4.90. The Hall–Kier alpha value is -3.52. The summed E-state index contributed by atoms with van der Waals surface area (Å²) in [5, 5.41) is 4.53. The second-order valence-electron chi connectivity index (χ2n) is 8.08. The first-order valence-corrected chi connectivity index (χ1v) is 11.0. The van der Waals surface area contributed by atoms with Gasteiger partial charge in [-0.15, -0.1) is 0 Å². The Morgan fingerprint density at radius 1 is 0.879 bits per heavy atom. The number of amides is 1. The summed E-state index contributed by atoms with van der Waals surface area (Å²) in [6.45, 7) is 5.72. The van der Waals surface area contributed by atoms with E-state index in [9.17, 15) is 4.79 Å². The van der Waals surface area contributed by atoms with Crippen molar-refractivity contribution in [1.82, 2.24) is 19.6 Å². The van der Waals surface area contributed by atoms with Crippen molar-refractivity contribution < 1.29 is 19.0 Å². The summed E-state index contributed by atoms with van der Waals surface area (Å²) in [6.07, 6.45) is 1.80. The minimum absolute atomic E-state index is 0.0499. The van der Waals surface area contributed by atoms with E-state index in [0.29, 0.717) is 24.5 Å². The average molecular weight is 451 g/mol. The zero-order chi connectivity index (χ0) is 23.4. The summed E-state index contributed by atoms with van der Waals surface area (Å²) in [5.74, 6) is 2.11. The predicted octanol–water partition coefficient (Wildman–Crippen LogP) is 3.16. The zero-order valence-corrected chi connectivity index (χ0v) is 19.6. The van der Waals surface area contributed by atoms with Gasteiger partial charge in [0.2, 0.25) is 0 Å². The molecule has 33 heavy (non-hydrogen) atoms. The van der Waals surface area contributed by atoms with Crippen LogP contribution in [0, 0.1) is 6.92 Å². The van der Waals surface area contributed by atoms with Crippen LogP contribution in [0.1, 0.15) is 21.6 Å². The monoisotopic (exact) mass is 450 g/mol. The number of hydrogen-bond acceptors (Lipinski definition) is 6. The molecule has 8 nitrogen and oxygen atoms in total. The largest absolute Gasteiger partial charge is 0.494 e. The van der Waals surface area contributed by atoms with Crippen LogP contribution in [0.3, 0.4) is 0 Å². The Morgan fingerprint density at radius 2 is 1.58 bits per heavy atom. The molecular formula is C25H30N4O4. The maximum Gasteiger partial charge on any atom is 0.274 e. The van der Waals surface area contributed by atoms with Crippen LogP contribution in [0.15, 0.2) is 48.7 Å². The second-order valence-corrected chi connectivity index (χ2v) is 8.08. The number of carbonyl (C=O) groups is 1. The lowest BCUT2D eigenvalue weighted by molar-refractivity contribution is 0.0622. The first kappa shape index (κ1) is 22.7. The number of carbonyl (C=O) groups excluding carboxylic acids is 1. The van der Waals surface area contributed by atoms with Gasteiger partial charge < -0.3 is 19.1 Å². The van der Waals surface area contributed by atoms with Gasteiger partial charge in [0.05, 0.1) is 21.3 Å². The van der Waals surface area contributed by atoms with Crippen molar-refractivity contribution >= 4 is 5.91 Å². The van der Waals surface area contributed by atoms with E-state index in [1.54, 1.807) is 38.3 Å². The number of nitrogens with zero attached hydrogens (tertiary/aromatic N) is 4. The zero-order valence-electron chi connectivity index (χ0n) is 19.6. The molecule has 1 aliphatic rings. The molecule has 3 aromatic rings. The number of benzene rings is 2. The molecule has 0 spiro atoms. The van der Waals surface area contributed by atoms with Crippen molar-refractivity contribution in [2.24, 2.45) is 0 Å². The van der Waals surface area contributed by atoms with Crippen molar-refractivity contribution in [2.45, 2.75) is 13.5 Å². The Balaban J connectivity index is 1.38. The van der Waals surface area contributed by atoms with Crippen molar-refractivity contribution in [2.75, 3.05) is 47.5 Å². The van der Waals surface area contributed by atoms with E-state index in [0.717, 1.165) is 47.9 Å². The molecule has 2 aromatic carbocycles. The van der Waals surface area contributed by atoms with E-state index < -0.39 is 0 Å². The molecular weight excluding hydrogens is 420 g/mol. The van der Waals surface area contributed by atoms with Crippen molar-refractivity contribution in [3.63, 3.8) is 0 Å². The fourth-order valence-corrected chi connectivity index (χ4v) is 4.06. The maximum absolute atomic E-state index is 13.1. The summed E-state index contributed by atoms with van der Waals surface area (Å²) in [4.78, 5) is 17.3. The highest BCUT2D eigenvalue weighted by Crippen LogP contribution is 2.28. The van der Waals surface area contributed by atoms with E-state index >= 15 is 0 Å². The first-order valence-electron chi connectivity index (χ1n) is 11.0. The van der Waals surface area contributed by atoms with Gasteiger partial charge >= 0.3 is 0 Å². The van der Waals surface area contributed by atoms with Gasteiger partial charge in [-0.3, -0.25) is 9.69 Å². The van der Waals surface area contributed by atoms with Gasteiger partial charge in [0.15, 0.2) is 17.2 Å². The predicted molar refractivity (Wildman–Crippen MR) is 126 cm³/mol. The summed E-state index contributed by atoms with van der Waals surface area (Å²) in [6, 6.07) is 13.6. The number of hydrogen-bond donors (Lipinski definition) is 0. The smallest absolute Gasteiger partial charge is 0.274 e. The highest BCUT2D eigenvalue weighted by molar-refractivity contribution is 5.92. The first-order chi connectivity index (χ1) is 16.0. The van der Waals surface area contributed by atoms with Crippen LogP contribution in [0.5, 0.6) is 17.2 Å². The van der Waals surface area contributed by atoms with E-state index in [1.165, 1.54) is 0 Å². The van der Waals surface area contributed by atoms with Gasteiger partial charge in [0.25, 0.3) is 5.91 Å². The highest BCUT2D eigenvalue weighted by atomic mass is 16.5. The summed E-state index contributed by atoms with van der Waals surface area (Å²) < 4.78 is 17.9. The molecule has 0 bridgehead atoms. The van der Waals surface area contributed by atoms with Gasteiger partial charge in [-0.05, 0) is 48.4 Å². The molecule has 8 heteroatoms. The van der Waals surface area contributed by atoms with Crippen LogP contribution in [-0.4, -0.2) is 73.0 Å². The quantitative estimate of drug-likeness (QED) is 0.551. The molecule has 0 N–H and O–H groups in total. The standard InChI is InChI=1S/C25H30N4O4/c1-18-5-7-22(31-2)21(15-18)29-10-9-20(26-29)25(30)28-13-11-27(12-14-28)17-19-6-8-23(32-3)24(16-19)33-4/h5-10,15-16H,11-14,17H2,1-4H3. The maximum atomic E-state index is 13.1. The number of ether oxygens (including phenoxy) is 3. The van der Waals surface area contributed by atoms with Crippen LogP contribution in [0.4, 0.5) is 0 Å². The lowest BCUT2D eigenvalue weighted by Gasteiger charge is -2.34. The van der Waals surface area contributed by atoms with Crippen molar-refractivity contribution in [1.29, 1.82) is 0 Å². The molecule has 1 aromatic heterocycles. The van der Waals surface area contributed by atoms with Crippen LogP contribution < -0.4 is 14.2 Å². The van der Waals surface area contributed by atoms with Crippen molar-refractivity contribution in [3.05, 3.63) is 65.5 Å². The topological polar surface area (TPSA) is 69.1 Å². The molecule has 4 rings (SSSR count). The Morgan fingerprint density at radius 3 is 2.27 bits per heavy atom. The van der Waals surface area contributed by atoms with E-state index in [1.807, 2.05) is 48.2 Å². The van der Waals surface area contributed by atoms with Gasteiger partial charge in [-0.2, -0.15) is 5.10 Å². The third-order valence-corrected chi connectivity index (χ3v) is 5.90. The summed E-state index contributed by atoms with van der Waals surface area (Å²) in [5.41, 5.74) is 3.50. The number of methoxy groups -OCH3 is 3. The molecule has 0 saturated carbocycles. The summed E-state index contributed by atoms with van der Waals surface area (Å²) >= 11 is 0. The Bertz CT molecular complexity index is 1120. The minimum Gasteiger partial charge on any atom is -0.494 e. The minimum atomic E-state index is -0.0499. The fourth-order valence-electron chi connectivity index (χ4n) is 4.06. The molecule has 1 fully saturated rings. The van der Waals surface area contributed by atoms with E-state index in [-0.39, 0.29) is 5.91 Å². The lowest BCUT2D eigenvalue weighted by atomic mass is 10.1. The van der Waals surface area contributed by atoms with E-state index in [4.69, 9.17) is 14.2 Å². The second kappa shape index (κ2) is 9.95. The molecule has 1 aliphatic heterocycles. The van der Waals surface area contributed by atoms with Crippen LogP contribution >= 0.6 is 0 Å². The van der Waals surface area contributed by atoms with Gasteiger partial charge in [-0.25, -0.2) is 4.68 Å². The molecule has 0 radical (unpaired) electrons. The molecule has 174 valence electrons. The normalized spacial score (nSPS) is 14.2. The van der Waals surface area contributed by atoms with Crippen LogP contribution in [0.25, 0.3) is 5.69 Å². The molecule has 0 aliphatic carbocycles. The van der Waals surface area contributed by atoms with Crippen molar-refractivity contribution in [3.8, 4) is 22.9 Å². The van der Waals surface area contributed by atoms with Gasteiger partial charge in [0, 0.05) is 38.9 Å². The van der Waals surface area contributed by atoms with Crippen LogP contribution in [0.2, 0.25) is 0 Å². The molecule has 0 atom stereocenters. The highest BCUT2D eigenvalue weighted by Gasteiger charge is 2.24. The fraction of sp³-hybridized carbons (Fsp3) is 0.360. The number of aryl methyl sites for hydroxylation is 1. The third-order valence-electron chi connectivity index (χ3n) is 5.90. The number of piperazine rings is 1. The molecule has 2 heterocycles. The number of aromatic nitrogens is 2. The number of rotatable bonds is 7. The molecule has 1 amide bonds. The SMILES string of the molecule is COc1ccc(CN2CCN(C(=O)c3ccn(-c4cc(C)ccc4OC)n3)CC2)cc1OC. The molecule has 1 saturated heterocycles. The van der Waals surface area contributed by atoms with E-state index in [2.05, 4.69) is 10.00 Å².